The van der Waals surface area contributed by atoms with E-state index in [2.05, 4.69) is 0 Å². The molecule has 1 aromatic heterocycles. The van der Waals surface area contributed by atoms with E-state index in [-0.39, 0.29) is 10.8 Å². The standard InChI is InChI=1S/C15H20N2O5S2/c18-14(16-7-3-11(4-8-16)15(19)20)13-9-12(10-23-13)24(21,22)17-5-1-2-6-17/h9-11H,1-8H2,(H,19,20). The highest BCUT2D eigenvalue weighted by atomic mass is 32.2. The van der Waals surface area contributed by atoms with Crippen LogP contribution in [0, 0.1) is 5.92 Å². The Balaban J connectivity index is 1.69. The Hall–Kier alpha value is -1.45. The van der Waals surface area contributed by atoms with E-state index < -0.39 is 21.9 Å². The molecule has 1 N–H and O–H groups in total. The van der Waals surface area contributed by atoms with Crippen molar-refractivity contribution >= 4 is 33.2 Å². The summed E-state index contributed by atoms with van der Waals surface area (Å²) >= 11 is 1.13. The van der Waals surface area contributed by atoms with Crippen molar-refractivity contribution in [3.63, 3.8) is 0 Å². The maximum atomic E-state index is 12.5. The molecule has 3 heterocycles. The quantitative estimate of drug-likeness (QED) is 0.864. The number of likely N-dealkylation sites (tertiary alicyclic amines) is 1. The Labute approximate surface area is 144 Å². The predicted molar refractivity (Wildman–Crippen MR) is 88.6 cm³/mol. The van der Waals surface area contributed by atoms with Crippen LogP contribution >= 0.6 is 11.3 Å². The highest BCUT2D eigenvalue weighted by molar-refractivity contribution is 7.89. The van der Waals surface area contributed by atoms with Crippen LogP contribution in [-0.2, 0) is 14.8 Å². The third kappa shape index (κ3) is 3.33. The van der Waals surface area contributed by atoms with E-state index in [0.717, 1.165) is 24.2 Å². The van der Waals surface area contributed by atoms with Gasteiger partial charge in [-0.1, -0.05) is 0 Å². The molecule has 7 nitrogen and oxygen atoms in total. The number of carbonyl (C=O) groups is 2. The van der Waals surface area contributed by atoms with E-state index in [1.165, 1.54) is 15.8 Å². The molecule has 2 aliphatic rings. The summed E-state index contributed by atoms with van der Waals surface area (Å²) < 4.78 is 26.5. The van der Waals surface area contributed by atoms with Gasteiger partial charge in [-0.3, -0.25) is 9.59 Å². The van der Waals surface area contributed by atoms with Crippen LogP contribution in [-0.4, -0.2) is 60.8 Å². The SMILES string of the molecule is O=C(O)C1CCN(C(=O)c2cc(S(=O)(=O)N3CCCC3)cs2)CC1. The molecule has 0 saturated carbocycles. The first kappa shape index (κ1) is 17.4. The fraction of sp³-hybridized carbons (Fsp3) is 0.600. The molecule has 1 amide bonds. The van der Waals surface area contributed by atoms with Gasteiger partial charge in [-0.25, -0.2) is 8.42 Å². The summed E-state index contributed by atoms with van der Waals surface area (Å²) in [5.41, 5.74) is 0. The van der Waals surface area contributed by atoms with Crippen molar-refractivity contribution in [2.75, 3.05) is 26.2 Å². The van der Waals surface area contributed by atoms with E-state index in [1.54, 1.807) is 4.90 Å². The van der Waals surface area contributed by atoms with E-state index in [0.29, 0.717) is 43.9 Å². The van der Waals surface area contributed by atoms with Gasteiger partial charge in [0, 0.05) is 31.6 Å². The number of carboxylic acids is 1. The lowest BCUT2D eigenvalue weighted by Gasteiger charge is -2.29. The number of hydrogen-bond acceptors (Lipinski definition) is 5. The summed E-state index contributed by atoms with van der Waals surface area (Å²) in [6.07, 6.45) is 2.61. The number of carboxylic acid groups (broad SMARTS) is 1. The van der Waals surface area contributed by atoms with Crippen LogP contribution in [0.5, 0.6) is 0 Å². The van der Waals surface area contributed by atoms with Crippen molar-refractivity contribution in [1.82, 2.24) is 9.21 Å². The fourth-order valence-corrected chi connectivity index (χ4v) is 5.87. The molecule has 9 heteroatoms. The summed E-state index contributed by atoms with van der Waals surface area (Å²) in [5.74, 6) is -1.44. The van der Waals surface area contributed by atoms with Crippen LogP contribution in [0.3, 0.4) is 0 Å². The van der Waals surface area contributed by atoms with Crippen molar-refractivity contribution in [3.05, 3.63) is 16.3 Å². The Morgan fingerprint density at radius 1 is 1.12 bits per heavy atom. The van der Waals surface area contributed by atoms with Gasteiger partial charge in [0.2, 0.25) is 10.0 Å². The summed E-state index contributed by atoms with van der Waals surface area (Å²) in [6, 6.07) is 1.45. The first-order valence-corrected chi connectivity index (χ1v) is 10.3. The first-order chi connectivity index (χ1) is 11.4. The number of nitrogens with zero attached hydrogens (tertiary/aromatic N) is 2. The summed E-state index contributed by atoms with van der Waals surface area (Å²) in [4.78, 5) is 25.7. The second kappa shape index (κ2) is 6.81. The molecule has 0 radical (unpaired) electrons. The average molecular weight is 372 g/mol. The topological polar surface area (TPSA) is 95.0 Å². The molecule has 132 valence electrons. The lowest BCUT2D eigenvalue weighted by molar-refractivity contribution is -0.143. The highest BCUT2D eigenvalue weighted by Crippen LogP contribution is 2.27. The van der Waals surface area contributed by atoms with Gasteiger partial charge in [-0.05, 0) is 31.7 Å². The normalized spacial score (nSPS) is 20.4. The molecule has 0 aliphatic carbocycles. The molecular weight excluding hydrogens is 352 g/mol. The Kier molecular flexibility index (Phi) is 4.93. The zero-order valence-corrected chi connectivity index (χ0v) is 14.8. The molecule has 0 aromatic carbocycles. The number of hydrogen-bond donors (Lipinski definition) is 1. The number of piperidine rings is 1. The van der Waals surface area contributed by atoms with E-state index in [1.807, 2.05) is 0 Å². The minimum absolute atomic E-state index is 0.179. The van der Waals surface area contributed by atoms with Crippen molar-refractivity contribution in [2.24, 2.45) is 5.92 Å². The van der Waals surface area contributed by atoms with Crippen molar-refractivity contribution < 1.29 is 23.1 Å². The molecule has 2 fully saturated rings. The summed E-state index contributed by atoms with van der Waals surface area (Å²) in [5, 5.41) is 10.5. The zero-order valence-electron chi connectivity index (χ0n) is 13.2. The van der Waals surface area contributed by atoms with Crippen LogP contribution < -0.4 is 0 Å². The van der Waals surface area contributed by atoms with Gasteiger partial charge in [-0.2, -0.15) is 4.31 Å². The van der Waals surface area contributed by atoms with Gasteiger partial charge in [-0.15, -0.1) is 11.3 Å². The van der Waals surface area contributed by atoms with Crippen LogP contribution in [0.1, 0.15) is 35.4 Å². The van der Waals surface area contributed by atoms with E-state index in [9.17, 15) is 18.0 Å². The lowest BCUT2D eigenvalue weighted by atomic mass is 9.97. The van der Waals surface area contributed by atoms with E-state index >= 15 is 0 Å². The third-order valence-corrected chi connectivity index (χ3v) is 7.56. The fourth-order valence-electron chi connectivity index (χ4n) is 3.13. The number of amides is 1. The van der Waals surface area contributed by atoms with Crippen molar-refractivity contribution in [1.29, 1.82) is 0 Å². The van der Waals surface area contributed by atoms with Gasteiger partial charge in [0.15, 0.2) is 0 Å². The summed E-state index contributed by atoms with van der Waals surface area (Å²) in [6.45, 7) is 1.85. The highest BCUT2D eigenvalue weighted by Gasteiger charge is 2.31. The van der Waals surface area contributed by atoms with Gasteiger partial charge in [0.25, 0.3) is 5.91 Å². The van der Waals surface area contributed by atoms with Crippen LogP contribution in [0.2, 0.25) is 0 Å². The molecule has 0 spiro atoms. The number of carbonyl (C=O) groups excluding carboxylic acids is 1. The molecule has 24 heavy (non-hydrogen) atoms. The minimum Gasteiger partial charge on any atom is -0.481 e. The number of sulfonamides is 1. The maximum absolute atomic E-state index is 12.5. The monoisotopic (exact) mass is 372 g/mol. The van der Waals surface area contributed by atoms with Crippen LogP contribution in [0.25, 0.3) is 0 Å². The maximum Gasteiger partial charge on any atom is 0.306 e. The van der Waals surface area contributed by atoms with E-state index in [4.69, 9.17) is 5.11 Å². The minimum atomic E-state index is -3.51. The molecular formula is C15H20N2O5S2. The van der Waals surface area contributed by atoms with Crippen LogP contribution in [0.15, 0.2) is 16.3 Å². The van der Waals surface area contributed by atoms with Crippen LogP contribution in [0.4, 0.5) is 0 Å². The smallest absolute Gasteiger partial charge is 0.306 e. The number of thiophene rings is 1. The second-order valence-electron chi connectivity index (χ2n) is 6.16. The largest absolute Gasteiger partial charge is 0.481 e. The Bertz CT molecular complexity index is 729. The number of aliphatic carboxylic acids is 1. The van der Waals surface area contributed by atoms with Crippen molar-refractivity contribution in [3.8, 4) is 0 Å². The lowest BCUT2D eigenvalue weighted by Crippen LogP contribution is -2.40. The second-order valence-corrected chi connectivity index (χ2v) is 9.01. The molecule has 0 bridgehead atoms. The summed E-state index contributed by atoms with van der Waals surface area (Å²) in [7, 11) is -3.51. The van der Waals surface area contributed by atoms with Gasteiger partial charge in [0.1, 0.15) is 0 Å². The van der Waals surface area contributed by atoms with Gasteiger partial charge < -0.3 is 10.0 Å². The molecule has 2 aliphatic heterocycles. The zero-order chi connectivity index (χ0) is 17.3. The Morgan fingerprint density at radius 3 is 2.33 bits per heavy atom. The predicted octanol–water partition coefficient (Wildman–Crippen LogP) is 1.47. The van der Waals surface area contributed by atoms with Gasteiger partial charge in [0.05, 0.1) is 15.7 Å². The molecule has 2 saturated heterocycles. The molecule has 1 aromatic rings. The first-order valence-electron chi connectivity index (χ1n) is 8.00. The van der Waals surface area contributed by atoms with Gasteiger partial charge >= 0.3 is 5.97 Å². The average Bonchev–Trinajstić information content (AvgIpc) is 3.26. The third-order valence-electron chi connectivity index (χ3n) is 4.62. The Morgan fingerprint density at radius 2 is 1.75 bits per heavy atom. The molecule has 0 unspecified atom stereocenters. The van der Waals surface area contributed by atoms with Crippen molar-refractivity contribution in [2.45, 2.75) is 30.6 Å². The molecule has 3 rings (SSSR count). The molecule has 0 atom stereocenters. The number of rotatable bonds is 4.